The molecule has 0 fully saturated rings. The van der Waals surface area contributed by atoms with Crippen molar-refractivity contribution in [2.24, 2.45) is 0 Å². The van der Waals surface area contributed by atoms with E-state index in [9.17, 15) is 0 Å². The first kappa shape index (κ1) is 21.4. The number of ether oxygens (including phenoxy) is 1. The monoisotopic (exact) mass is 439 g/mol. The van der Waals surface area contributed by atoms with E-state index in [4.69, 9.17) is 9.84 Å². The van der Waals surface area contributed by atoms with E-state index in [1.807, 2.05) is 0 Å². The van der Waals surface area contributed by atoms with Crippen molar-refractivity contribution in [3.63, 3.8) is 0 Å². The number of allylic oxidation sites excluding steroid dienone is 6. The molecular formula is C19H19Cl2O2Zr. The molecule has 2 nitrogen and oxygen atoms in total. The van der Waals surface area contributed by atoms with Gasteiger partial charge in [-0.25, -0.2) is 0 Å². The molecular weight excluding hydrogens is 422 g/mol. The molecule has 1 aromatic carbocycles. The van der Waals surface area contributed by atoms with E-state index < -0.39 is 0 Å². The predicted molar refractivity (Wildman–Crippen MR) is 85.5 cm³/mol. The van der Waals surface area contributed by atoms with Crippen LogP contribution in [-0.2, 0) is 29.5 Å². The molecule has 0 atom stereocenters. The van der Waals surface area contributed by atoms with E-state index >= 15 is 0 Å². The number of aliphatic hydroxyl groups excluding tert-OH is 1. The SMILES string of the molecule is CC(C)=C1C(C2=CC(OCCO)=CC2)=[C]([Zr+2])c2ccccc21.[Cl-].[Cl-]. The molecule has 2 aliphatic rings. The molecule has 0 amide bonds. The van der Waals surface area contributed by atoms with Gasteiger partial charge in [0.05, 0.1) is 0 Å². The molecule has 5 heteroatoms. The third-order valence-corrected chi connectivity index (χ3v) is 5.26. The first-order valence-electron chi connectivity index (χ1n) is 7.51. The fraction of sp³-hybridized carbons (Fsp3) is 0.263. The summed E-state index contributed by atoms with van der Waals surface area (Å²) in [6.45, 7) is 4.78. The number of fused-ring (bicyclic) bond motifs is 1. The normalized spacial score (nSPS) is 15.3. The van der Waals surface area contributed by atoms with E-state index in [-0.39, 0.29) is 31.4 Å². The van der Waals surface area contributed by atoms with Crippen LogP contribution in [0.25, 0.3) is 8.85 Å². The zero-order chi connectivity index (χ0) is 15.7. The van der Waals surface area contributed by atoms with Crippen molar-refractivity contribution < 1.29 is 59.4 Å². The van der Waals surface area contributed by atoms with E-state index in [1.165, 1.54) is 61.4 Å². The average molecular weight is 441 g/mol. The summed E-state index contributed by atoms with van der Waals surface area (Å²) in [6.07, 6.45) is 5.13. The second kappa shape index (κ2) is 9.20. The Kier molecular flexibility index (Phi) is 8.22. The van der Waals surface area contributed by atoms with Crippen molar-refractivity contribution >= 4 is 8.85 Å². The van der Waals surface area contributed by atoms with Crippen molar-refractivity contribution in [1.82, 2.24) is 0 Å². The molecule has 0 spiro atoms. The molecule has 0 saturated heterocycles. The maximum absolute atomic E-state index is 8.89. The molecule has 1 aromatic rings. The van der Waals surface area contributed by atoms with Crippen LogP contribution in [0.3, 0.4) is 0 Å². The van der Waals surface area contributed by atoms with Crippen LogP contribution in [0.1, 0.15) is 31.4 Å². The number of hydrogen-bond donors (Lipinski definition) is 1. The summed E-state index contributed by atoms with van der Waals surface area (Å²) in [4.78, 5) is 0. The van der Waals surface area contributed by atoms with Crippen molar-refractivity contribution in [1.29, 1.82) is 0 Å². The number of hydrogen-bond acceptors (Lipinski definition) is 2. The summed E-state index contributed by atoms with van der Waals surface area (Å²) in [5.41, 5.74) is 8.17. The van der Waals surface area contributed by atoms with Crippen LogP contribution < -0.4 is 24.8 Å². The van der Waals surface area contributed by atoms with Crippen molar-refractivity contribution in [3.05, 3.63) is 70.0 Å². The summed E-state index contributed by atoms with van der Waals surface area (Å²) < 4.78 is 6.99. The minimum atomic E-state index is 0. The molecule has 0 bridgehead atoms. The number of halogens is 2. The van der Waals surface area contributed by atoms with Gasteiger partial charge in [0.2, 0.25) is 0 Å². The minimum Gasteiger partial charge on any atom is -1.00 e. The third-order valence-electron chi connectivity index (χ3n) is 3.99. The van der Waals surface area contributed by atoms with Crippen LogP contribution in [0.15, 0.2) is 58.9 Å². The molecule has 125 valence electrons. The van der Waals surface area contributed by atoms with Gasteiger partial charge in [-0.15, -0.1) is 0 Å². The van der Waals surface area contributed by atoms with Gasteiger partial charge < -0.3 is 24.8 Å². The molecule has 0 aliphatic heterocycles. The van der Waals surface area contributed by atoms with Crippen LogP contribution in [0, 0.1) is 0 Å². The van der Waals surface area contributed by atoms with Gasteiger partial charge in [0, 0.05) is 0 Å². The first-order chi connectivity index (χ1) is 10.6. The fourth-order valence-corrected chi connectivity index (χ4v) is 4.33. The molecule has 0 saturated carbocycles. The Bertz CT molecular complexity index is 741. The van der Waals surface area contributed by atoms with Crippen LogP contribution in [0.4, 0.5) is 0 Å². The Balaban J connectivity index is 0.00000144. The topological polar surface area (TPSA) is 29.5 Å². The second-order valence-electron chi connectivity index (χ2n) is 5.72. The van der Waals surface area contributed by atoms with E-state index in [1.54, 1.807) is 0 Å². The van der Waals surface area contributed by atoms with Gasteiger partial charge in [0.25, 0.3) is 0 Å². The van der Waals surface area contributed by atoms with Gasteiger partial charge in [-0.1, -0.05) is 0 Å². The summed E-state index contributed by atoms with van der Waals surface area (Å²) >= 11 is 1.44. The maximum atomic E-state index is 8.89. The number of aliphatic hydroxyl groups is 1. The fourth-order valence-electron chi connectivity index (χ4n) is 3.09. The van der Waals surface area contributed by atoms with Crippen LogP contribution in [0.5, 0.6) is 0 Å². The molecule has 0 radical (unpaired) electrons. The molecule has 0 aromatic heterocycles. The Morgan fingerprint density at radius 1 is 1.17 bits per heavy atom. The van der Waals surface area contributed by atoms with Crippen LogP contribution in [0.2, 0.25) is 0 Å². The molecule has 24 heavy (non-hydrogen) atoms. The third kappa shape index (κ3) is 3.97. The van der Waals surface area contributed by atoms with Crippen molar-refractivity contribution in [2.75, 3.05) is 13.2 Å². The van der Waals surface area contributed by atoms with Crippen molar-refractivity contribution in [3.8, 4) is 0 Å². The Hall–Kier alpha value is -0.597. The van der Waals surface area contributed by atoms with Gasteiger partial charge in [-0.3, -0.25) is 0 Å². The minimum absolute atomic E-state index is 0. The smallest absolute Gasteiger partial charge is 1.00 e. The summed E-state index contributed by atoms with van der Waals surface area (Å²) in [6, 6.07) is 8.68. The van der Waals surface area contributed by atoms with Crippen LogP contribution >= 0.6 is 0 Å². The maximum Gasteiger partial charge on any atom is -1.00 e. The Labute approximate surface area is 171 Å². The Morgan fingerprint density at radius 2 is 1.83 bits per heavy atom. The second-order valence-corrected chi connectivity index (χ2v) is 6.95. The van der Waals surface area contributed by atoms with Crippen molar-refractivity contribution in [2.45, 2.75) is 20.3 Å². The van der Waals surface area contributed by atoms with Gasteiger partial charge in [-0.05, 0) is 0 Å². The van der Waals surface area contributed by atoms with Gasteiger partial charge in [-0.2, -0.15) is 0 Å². The van der Waals surface area contributed by atoms with Gasteiger partial charge in [0.15, 0.2) is 0 Å². The predicted octanol–water partition coefficient (Wildman–Crippen LogP) is -2.02. The van der Waals surface area contributed by atoms with E-state index in [0.717, 1.165) is 12.2 Å². The zero-order valence-corrected chi connectivity index (χ0v) is 17.7. The van der Waals surface area contributed by atoms with Gasteiger partial charge >= 0.3 is 147 Å². The molecule has 3 rings (SSSR count). The number of rotatable bonds is 4. The zero-order valence-electron chi connectivity index (χ0n) is 13.7. The summed E-state index contributed by atoms with van der Waals surface area (Å²) in [7, 11) is 0. The van der Waals surface area contributed by atoms with Gasteiger partial charge in [0.1, 0.15) is 0 Å². The largest absolute Gasteiger partial charge is 1.00 e. The summed E-state index contributed by atoms with van der Waals surface area (Å²) in [5, 5.41) is 8.89. The molecule has 2 aliphatic carbocycles. The van der Waals surface area contributed by atoms with Crippen LogP contribution in [-0.4, -0.2) is 18.3 Å². The van der Waals surface area contributed by atoms with E-state index in [2.05, 4.69) is 50.3 Å². The average Bonchev–Trinajstić information content (AvgIpc) is 3.08. The Morgan fingerprint density at radius 3 is 2.46 bits per heavy atom. The molecule has 0 heterocycles. The standard InChI is InChI=1S/C19H19O2.2ClH.Zr/c1-13(2)19-17-6-4-3-5-14(17)12-18(19)15-7-8-16(11-15)21-10-9-20;;;/h3-6,8,11,20H,7,9-10H2,1-2H3;2*1H;/q;;;+2/p-2. The number of benzene rings is 1. The first-order valence-corrected chi connectivity index (χ1v) is 8.74. The van der Waals surface area contributed by atoms with E-state index in [0.29, 0.717) is 6.61 Å². The molecule has 1 N–H and O–H groups in total. The molecule has 0 unspecified atom stereocenters. The summed E-state index contributed by atoms with van der Waals surface area (Å²) in [5.74, 6) is 0.879. The quantitative estimate of drug-likeness (QED) is 0.585.